The molecule has 1 aliphatic rings. The minimum atomic E-state index is -0.458. The van der Waals surface area contributed by atoms with Gasteiger partial charge < -0.3 is 14.8 Å². The Morgan fingerprint density at radius 3 is 2.74 bits per heavy atom. The summed E-state index contributed by atoms with van der Waals surface area (Å²) < 4.78 is 9.98. The minimum absolute atomic E-state index is 0.458. The van der Waals surface area contributed by atoms with E-state index in [0.717, 1.165) is 37.6 Å². The fourth-order valence-electron chi connectivity index (χ4n) is 2.07. The molecule has 1 atom stereocenters. The number of hydrogen-bond donors (Lipinski definition) is 2. The van der Waals surface area contributed by atoms with Gasteiger partial charge in [-0.3, -0.25) is 5.32 Å². The average molecular weight is 264 g/mol. The third-order valence-corrected chi connectivity index (χ3v) is 3.17. The zero-order chi connectivity index (χ0) is 13.5. The Kier molecular flexibility index (Phi) is 5.03. The first-order chi connectivity index (χ1) is 9.28. The number of carbonyl (C=O) groups is 1. The van der Waals surface area contributed by atoms with Crippen LogP contribution in [0.25, 0.3) is 0 Å². The van der Waals surface area contributed by atoms with Crippen LogP contribution in [0.1, 0.15) is 12.8 Å². The van der Waals surface area contributed by atoms with Crippen LogP contribution in [-0.2, 0) is 9.47 Å². The van der Waals surface area contributed by atoms with E-state index in [4.69, 9.17) is 4.74 Å². The third kappa shape index (κ3) is 4.44. The number of rotatable bonds is 4. The third-order valence-electron chi connectivity index (χ3n) is 3.17. The molecule has 0 aliphatic carbocycles. The van der Waals surface area contributed by atoms with E-state index in [1.807, 2.05) is 24.3 Å². The van der Waals surface area contributed by atoms with E-state index in [1.165, 1.54) is 13.5 Å². The van der Waals surface area contributed by atoms with Gasteiger partial charge in [0.1, 0.15) is 0 Å². The predicted octanol–water partition coefficient (Wildman–Crippen LogP) is 2.70. The highest BCUT2D eigenvalue weighted by Crippen LogP contribution is 2.17. The van der Waals surface area contributed by atoms with E-state index in [2.05, 4.69) is 15.4 Å². The number of hydrogen-bond acceptors (Lipinski definition) is 4. The molecule has 1 saturated heterocycles. The molecule has 1 fully saturated rings. The molecular formula is C14H20N2O3. The average Bonchev–Trinajstić information content (AvgIpc) is 2.47. The molecule has 1 unspecified atom stereocenters. The molecule has 1 amide bonds. The van der Waals surface area contributed by atoms with Crippen molar-refractivity contribution in [2.75, 3.05) is 37.5 Å². The Hall–Kier alpha value is -1.75. The lowest BCUT2D eigenvalue weighted by molar-refractivity contribution is 0.0595. The number of anilines is 2. The van der Waals surface area contributed by atoms with E-state index < -0.39 is 6.09 Å². The van der Waals surface area contributed by atoms with E-state index in [-0.39, 0.29) is 0 Å². The largest absolute Gasteiger partial charge is 0.453 e. The Morgan fingerprint density at radius 2 is 2.11 bits per heavy atom. The molecule has 0 saturated carbocycles. The summed E-state index contributed by atoms with van der Waals surface area (Å²) in [7, 11) is 1.34. The van der Waals surface area contributed by atoms with Crippen LogP contribution in [0.5, 0.6) is 0 Å². The molecule has 2 rings (SSSR count). The number of carbonyl (C=O) groups excluding carboxylic acids is 1. The van der Waals surface area contributed by atoms with Crippen molar-refractivity contribution < 1.29 is 14.3 Å². The Bertz CT molecular complexity index is 400. The summed E-state index contributed by atoms with van der Waals surface area (Å²) >= 11 is 0. The molecule has 19 heavy (non-hydrogen) atoms. The molecule has 1 aliphatic heterocycles. The maximum Gasteiger partial charge on any atom is 0.411 e. The number of ether oxygens (including phenoxy) is 2. The fraction of sp³-hybridized carbons (Fsp3) is 0.500. The molecule has 5 nitrogen and oxygen atoms in total. The highest BCUT2D eigenvalue weighted by molar-refractivity contribution is 5.84. The standard InChI is InChI=1S/C14H20N2O3/c1-18-14(17)16-13-6-4-12(5-7-13)15-9-11-3-2-8-19-10-11/h4-7,11,15H,2-3,8-10H2,1H3,(H,16,17). The van der Waals surface area contributed by atoms with Crippen molar-refractivity contribution in [3.63, 3.8) is 0 Å². The number of benzene rings is 1. The summed E-state index contributed by atoms with van der Waals surface area (Å²) in [4.78, 5) is 11.0. The summed E-state index contributed by atoms with van der Waals surface area (Å²) in [6, 6.07) is 7.57. The monoisotopic (exact) mass is 264 g/mol. The van der Waals surface area contributed by atoms with Crippen LogP contribution < -0.4 is 10.6 Å². The molecule has 0 bridgehead atoms. The Labute approximate surface area is 113 Å². The zero-order valence-corrected chi connectivity index (χ0v) is 11.1. The molecule has 5 heteroatoms. The maximum atomic E-state index is 11.0. The number of methoxy groups -OCH3 is 1. The van der Waals surface area contributed by atoms with Crippen molar-refractivity contribution in [3.8, 4) is 0 Å². The normalized spacial score (nSPS) is 18.7. The highest BCUT2D eigenvalue weighted by Gasteiger charge is 2.13. The lowest BCUT2D eigenvalue weighted by atomic mass is 10.0. The second-order valence-electron chi connectivity index (χ2n) is 4.66. The molecule has 2 N–H and O–H groups in total. The second kappa shape index (κ2) is 6.99. The Balaban J connectivity index is 1.79. The van der Waals surface area contributed by atoms with E-state index >= 15 is 0 Å². The van der Waals surface area contributed by atoms with Crippen LogP contribution in [0, 0.1) is 5.92 Å². The Morgan fingerprint density at radius 1 is 1.37 bits per heavy atom. The first-order valence-corrected chi connectivity index (χ1v) is 6.54. The van der Waals surface area contributed by atoms with Crippen molar-refractivity contribution in [2.24, 2.45) is 5.92 Å². The quantitative estimate of drug-likeness (QED) is 0.877. The van der Waals surface area contributed by atoms with Gasteiger partial charge >= 0.3 is 6.09 Å². The summed E-state index contributed by atoms with van der Waals surface area (Å²) in [5, 5.41) is 6.00. The van der Waals surface area contributed by atoms with Gasteiger partial charge in [0.2, 0.25) is 0 Å². The molecule has 0 aromatic heterocycles. The van der Waals surface area contributed by atoms with Gasteiger partial charge in [-0.05, 0) is 43.0 Å². The molecule has 0 spiro atoms. The van der Waals surface area contributed by atoms with E-state index in [9.17, 15) is 4.79 Å². The van der Waals surface area contributed by atoms with Gasteiger partial charge in [0.05, 0.1) is 13.7 Å². The molecule has 104 valence electrons. The first kappa shape index (κ1) is 13.7. The van der Waals surface area contributed by atoms with Crippen molar-refractivity contribution in [1.29, 1.82) is 0 Å². The number of amides is 1. The molecule has 1 aromatic rings. The van der Waals surface area contributed by atoms with Crippen LogP contribution in [0.4, 0.5) is 16.2 Å². The molecular weight excluding hydrogens is 244 g/mol. The summed E-state index contributed by atoms with van der Waals surface area (Å²) in [5.74, 6) is 0.585. The fourth-order valence-corrected chi connectivity index (χ4v) is 2.07. The topological polar surface area (TPSA) is 59.6 Å². The van der Waals surface area contributed by atoms with Gasteiger partial charge in [-0.25, -0.2) is 4.79 Å². The number of nitrogens with one attached hydrogen (secondary N) is 2. The van der Waals surface area contributed by atoms with Crippen LogP contribution in [0.15, 0.2) is 24.3 Å². The van der Waals surface area contributed by atoms with Crippen LogP contribution in [-0.4, -0.2) is 33.0 Å². The van der Waals surface area contributed by atoms with Gasteiger partial charge in [-0.2, -0.15) is 0 Å². The first-order valence-electron chi connectivity index (χ1n) is 6.54. The smallest absolute Gasteiger partial charge is 0.411 e. The molecule has 1 heterocycles. The van der Waals surface area contributed by atoms with Crippen molar-refractivity contribution in [1.82, 2.24) is 0 Å². The van der Waals surface area contributed by atoms with Gasteiger partial charge in [0.15, 0.2) is 0 Å². The predicted molar refractivity (Wildman–Crippen MR) is 74.5 cm³/mol. The maximum absolute atomic E-state index is 11.0. The highest BCUT2D eigenvalue weighted by atomic mass is 16.5. The molecule has 1 aromatic carbocycles. The summed E-state index contributed by atoms with van der Waals surface area (Å²) in [5.41, 5.74) is 1.76. The van der Waals surface area contributed by atoms with Crippen molar-refractivity contribution in [2.45, 2.75) is 12.8 Å². The van der Waals surface area contributed by atoms with E-state index in [1.54, 1.807) is 0 Å². The minimum Gasteiger partial charge on any atom is -0.453 e. The van der Waals surface area contributed by atoms with Gasteiger partial charge in [-0.1, -0.05) is 0 Å². The van der Waals surface area contributed by atoms with E-state index in [0.29, 0.717) is 5.92 Å². The summed E-state index contributed by atoms with van der Waals surface area (Å²) in [6.45, 7) is 2.66. The SMILES string of the molecule is COC(=O)Nc1ccc(NCC2CCCOC2)cc1. The van der Waals surface area contributed by atoms with Crippen LogP contribution >= 0.6 is 0 Å². The van der Waals surface area contributed by atoms with Gasteiger partial charge in [-0.15, -0.1) is 0 Å². The lowest BCUT2D eigenvalue weighted by Gasteiger charge is -2.22. The van der Waals surface area contributed by atoms with Gasteiger partial charge in [0, 0.05) is 24.5 Å². The second-order valence-corrected chi connectivity index (χ2v) is 4.66. The lowest BCUT2D eigenvalue weighted by Crippen LogP contribution is -2.24. The molecule has 0 radical (unpaired) electrons. The van der Waals surface area contributed by atoms with Gasteiger partial charge in [0.25, 0.3) is 0 Å². The van der Waals surface area contributed by atoms with Crippen LogP contribution in [0.2, 0.25) is 0 Å². The zero-order valence-electron chi connectivity index (χ0n) is 11.1. The summed E-state index contributed by atoms with van der Waals surface area (Å²) in [6.07, 6.45) is 1.91. The van der Waals surface area contributed by atoms with Crippen molar-refractivity contribution in [3.05, 3.63) is 24.3 Å². The van der Waals surface area contributed by atoms with Crippen LogP contribution in [0.3, 0.4) is 0 Å². The van der Waals surface area contributed by atoms with Crippen molar-refractivity contribution >= 4 is 17.5 Å².